The first-order valence-electron chi connectivity index (χ1n) is 5.52. The van der Waals surface area contributed by atoms with E-state index in [1.807, 2.05) is 6.07 Å². The SMILES string of the molecule is CN1CCCN(c2cc(NN)ncn2)CC1. The number of nitrogens with one attached hydrogen (secondary N) is 1. The smallest absolute Gasteiger partial charge is 0.145 e. The van der Waals surface area contributed by atoms with Crippen molar-refractivity contribution in [1.29, 1.82) is 0 Å². The van der Waals surface area contributed by atoms with Gasteiger partial charge in [-0.1, -0.05) is 0 Å². The lowest BCUT2D eigenvalue weighted by Crippen LogP contribution is -2.29. The Hall–Kier alpha value is -1.40. The molecule has 16 heavy (non-hydrogen) atoms. The highest BCUT2D eigenvalue weighted by Gasteiger charge is 2.13. The van der Waals surface area contributed by atoms with Gasteiger partial charge in [-0.15, -0.1) is 0 Å². The zero-order valence-electron chi connectivity index (χ0n) is 9.56. The maximum absolute atomic E-state index is 5.33. The van der Waals surface area contributed by atoms with Crippen LogP contribution in [-0.2, 0) is 0 Å². The molecule has 3 N–H and O–H groups in total. The van der Waals surface area contributed by atoms with E-state index < -0.39 is 0 Å². The predicted octanol–water partition coefficient (Wildman–Crippen LogP) is -0.0959. The molecule has 1 aromatic heterocycles. The summed E-state index contributed by atoms with van der Waals surface area (Å²) in [4.78, 5) is 12.9. The second-order valence-electron chi connectivity index (χ2n) is 4.05. The second kappa shape index (κ2) is 5.09. The van der Waals surface area contributed by atoms with Gasteiger partial charge in [0, 0.05) is 25.7 Å². The molecule has 0 atom stereocenters. The van der Waals surface area contributed by atoms with E-state index in [0.29, 0.717) is 5.82 Å². The molecule has 0 unspecified atom stereocenters. The molecule has 1 saturated heterocycles. The normalized spacial score (nSPS) is 18.2. The van der Waals surface area contributed by atoms with Crippen LogP contribution >= 0.6 is 0 Å². The highest BCUT2D eigenvalue weighted by Crippen LogP contribution is 2.15. The second-order valence-corrected chi connectivity index (χ2v) is 4.05. The topological polar surface area (TPSA) is 70.3 Å². The molecule has 0 bridgehead atoms. The van der Waals surface area contributed by atoms with E-state index in [1.54, 1.807) is 6.33 Å². The largest absolute Gasteiger partial charge is 0.355 e. The Bertz CT molecular complexity index is 342. The molecule has 6 heteroatoms. The zero-order valence-corrected chi connectivity index (χ0v) is 9.56. The van der Waals surface area contributed by atoms with Crippen molar-refractivity contribution in [3.05, 3.63) is 12.4 Å². The van der Waals surface area contributed by atoms with E-state index >= 15 is 0 Å². The van der Waals surface area contributed by atoms with Crippen LogP contribution in [0.1, 0.15) is 6.42 Å². The van der Waals surface area contributed by atoms with E-state index in [1.165, 1.54) is 0 Å². The standard InChI is InChI=1S/C10H18N6/c1-15-3-2-4-16(6-5-15)10-7-9(14-11)12-8-13-10/h7-8H,2-6,11H2,1H3,(H,12,13,14). The molecule has 0 spiro atoms. The Morgan fingerprint density at radius 2 is 2.12 bits per heavy atom. The van der Waals surface area contributed by atoms with E-state index in [2.05, 4.69) is 32.2 Å². The lowest BCUT2D eigenvalue weighted by molar-refractivity contribution is 0.360. The van der Waals surface area contributed by atoms with Gasteiger partial charge in [0.05, 0.1) is 0 Å². The third kappa shape index (κ3) is 2.59. The fraction of sp³-hybridized carbons (Fsp3) is 0.600. The monoisotopic (exact) mass is 222 g/mol. The molecule has 2 heterocycles. The first-order valence-corrected chi connectivity index (χ1v) is 5.52. The summed E-state index contributed by atoms with van der Waals surface area (Å²) in [6, 6.07) is 1.88. The Labute approximate surface area is 95.4 Å². The average molecular weight is 222 g/mol. The molecule has 2 rings (SSSR count). The van der Waals surface area contributed by atoms with Crippen LogP contribution < -0.4 is 16.2 Å². The first kappa shape index (κ1) is 11.1. The van der Waals surface area contributed by atoms with Gasteiger partial charge in [-0.3, -0.25) is 0 Å². The van der Waals surface area contributed by atoms with Crippen LogP contribution in [0.5, 0.6) is 0 Å². The minimum Gasteiger partial charge on any atom is -0.355 e. The Kier molecular flexibility index (Phi) is 3.53. The summed E-state index contributed by atoms with van der Waals surface area (Å²) in [7, 11) is 2.15. The van der Waals surface area contributed by atoms with Crippen LogP contribution in [0.3, 0.4) is 0 Å². The van der Waals surface area contributed by atoms with Crippen molar-refractivity contribution in [2.75, 3.05) is 43.6 Å². The number of hydrazine groups is 1. The van der Waals surface area contributed by atoms with Gasteiger partial charge < -0.3 is 15.2 Å². The maximum Gasteiger partial charge on any atom is 0.145 e. The van der Waals surface area contributed by atoms with Crippen LogP contribution in [0.15, 0.2) is 12.4 Å². The number of nitrogens with zero attached hydrogens (tertiary/aromatic N) is 4. The number of anilines is 2. The number of aromatic nitrogens is 2. The van der Waals surface area contributed by atoms with Gasteiger partial charge in [0.1, 0.15) is 18.0 Å². The minimum absolute atomic E-state index is 0.655. The van der Waals surface area contributed by atoms with Gasteiger partial charge in [0.2, 0.25) is 0 Å². The van der Waals surface area contributed by atoms with Crippen molar-refractivity contribution in [3.8, 4) is 0 Å². The van der Waals surface area contributed by atoms with Crippen molar-refractivity contribution in [1.82, 2.24) is 14.9 Å². The number of nitrogen functional groups attached to an aromatic ring is 1. The van der Waals surface area contributed by atoms with Crippen LogP contribution in [0.2, 0.25) is 0 Å². The van der Waals surface area contributed by atoms with Crippen molar-refractivity contribution in [2.45, 2.75) is 6.42 Å². The molecule has 0 radical (unpaired) electrons. The lowest BCUT2D eigenvalue weighted by atomic mass is 10.4. The van der Waals surface area contributed by atoms with E-state index in [9.17, 15) is 0 Å². The summed E-state index contributed by atoms with van der Waals surface area (Å²) in [5.74, 6) is 6.93. The molecule has 0 amide bonds. The molecular weight excluding hydrogens is 204 g/mol. The highest BCUT2D eigenvalue weighted by atomic mass is 15.3. The van der Waals surface area contributed by atoms with Gasteiger partial charge in [0.15, 0.2) is 0 Å². The summed E-state index contributed by atoms with van der Waals surface area (Å²) < 4.78 is 0. The summed E-state index contributed by atoms with van der Waals surface area (Å²) in [6.45, 7) is 4.24. The Morgan fingerprint density at radius 1 is 1.25 bits per heavy atom. The number of hydrogen-bond acceptors (Lipinski definition) is 6. The Morgan fingerprint density at radius 3 is 2.94 bits per heavy atom. The molecule has 0 aliphatic carbocycles. The molecule has 1 aliphatic heterocycles. The van der Waals surface area contributed by atoms with Crippen molar-refractivity contribution in [2.24, 2.45) is 5.84 Å². The first-order chi connectivity index (χ1) is 7.79. The maximum atomic E-state index is 5.33. The van der Waals surface area contributed by atoms with Crippen molar-refractivity contribution in [3.63, 3.8) is 0 Å². The van der Waals surface area contributed by atoms with Gasteiger partial charge in [-0.25, -0.2) is 15.8 Å². The summed E-state index contributed by atoms with van der Waals surface area (Å²) in [5.41, 5.74) is 2.54. The highest BCUT2D eigenvalue weighted by molar-refractivity contribution is 5.47. The number of nitrogens with two attached hydrogens (primary N) is 1. The summed E-state index contributed by atoms with van der Waals surface area (Å²) in [5, 5.41) is 0. The van der Waals surface area contributed by atoms with Gasteiger partial charge in [-0.2, -0.15) is 0 Å². The number of rotatable bonds is 2. The third-order valence-electron chi connectivity index (χ3n) is 2.84. The molecule has 1 fully saturated rings. The van der Waals surface area contributed by atoms with Gasteiger partial charge in [0.25, 0.3) is 0 Å². The fourth-order valence-electron chi connectivity index (χ4n) is 1.87. The van der Waals surface area contributed by atoms with Crippen LogP contribution in [0.25, 0.3) is 0 Å². The third-order valence-corrected chi connectivity index (χ3v) is 2.84. The minimum atomic E-state index is 0.655. The summed E-state index contributed by atoms with van der Waals surface area (Å²) >= 11 is 0. The van der Waals surface area contributed by atoms with E-state index in [0.717, 1.165) is 38.4 Å². The molecule has 6 nitrogen and oxygen atoms in total. The van der Waals surface area contributed by atoms with E-state index in [-0.39, 0.29) is 0 Å². The molecule has 1 aliphatic rings. The van der Waals surface area contributed by atoms with E-state index in [4.69, 9.17) is 5.84 Å². The number of likely N-dealkylation sites (N-methyl/N-ethyl adjacent to an activating group) is 1. The van der Waals surface area contributed by atoms with Crippen LogP contribution in [0.4, 0.5) is 11.6 Å². The summed E-state index contributed by atoms with van der Waals surface area (Å²) in [6.07, 6.45) is 2.70. The molecular formula is C10H18N6. The fourth-order valence-corrected chi connectivity index (χ4v) is 1.87. The van der Waals surface area contributed by atoms with Crippen LogP contribution in [-0.4, -0.2) is 48.1 Å². The van der Waals surface area contributed by atoms with Gasteiger partial charge in [-0.05, 0) is 20.0 Å². The molecule has 88 valence electrons. The number of hydrogen-bond donors (Lipinski definition) is 2. The zero-order chi connectivity index (χ0) is 11.4. The predicted molar refractivity (Wildman–Crippen MR) is 64.2 cm³/mol. The van der Waals surface area contributed by atoms with Crippen LogP contribution in [0, 0.1) is 0 Å². The van der Waals surface area contributed by atoms with Crippen molar-refractivity contribution >= 4 is 11.6 Å². The van der Waals surface area contributed by atoms with Crippen molar-refractivity contribution < 1.29 is 0 Å². The quantitative estimate of drug-likeness (QED) is 0.538. The molecule has 0 aromatic carbocycles. The van der Waals surface area contributed by atoms with Gasteiger partial charge >= 0.3 is 0 Å². The molecule has 1 aromatic rings. The molecule has 0 saturated carbocycles. The average Bonchev–Trinajstić information content (AvgIpc) is 2.54. The lowest BCUT2D eigenvalue weighted by Gasteiger charge is -2.21. The Balaban J connectivity index is 2.10.